The SMILES string of the molecule is CCCCC/C=C\C/C=C\CCCCCCCC(=O)O.O=P(O)(O)O. The molecule has 25 heavy (non-hydrogen) atoms. The number of allylic oxidation sites excluding steroid dienone is 4. The third-order valence-electron chi connectivity index (χ3n) is 3.34. The molecule has 0 saturated carbocycles. The third-order valence-corrected chi connectivity index (χ3v) is 3.34. The molecule has 0 radical (unpaired) electrons. The molecule has 0 aliphatic carbocycles. The maximum absolute atomic E-state index is 10.3. The van der Waals surface area contributed by atoms with E-state index in [1.54, 1.807) is 0 Å². The molecule has 0 aromatic rings. The van der Waals surface area contributed by atoms with Gasteiger partial charge in [-0.25, -0.2) is 4.57 Å². The molecular formula is C18H35O6P. The summed E-state index contributed by atoms with van der Waals surface area (Å²) in [5.41, 5.74) is 0. The van der Waals surface area contributed by atoms with Crippen LogP contribution in [0.4, 0.5) is 0 Å². The van der Waals surface area contributed by atoms with E-state index in [4.69, 9.17) is 24.4 Å². The van der Waals surface area contributed by atoms with Crippen molar-refractivity contribution in [2.45, 2.75) is 84.0 Å². The second kappa shape index (κ2) is 19.4. The Morgan fingerprint density at radius 2 is 1.24 bits per heavy atom. The predicted molar refractivity (Wildman–Crippen MR) is 101 cm³/mol. The lowest BCUT2D eigenvalue weighted by molar-refractivity contribution is -0.137. The number of carboxylic acid groups (broad SMARTS) is 1. The Balaban J connectivity index is 0. The molecule has 0 heterocycles. The highest BCUT2D eigenvalue weighted by molar-refractivity contribution is 7.45. The zero-order chi connectivity index (χ0) is 19.4. The zero-order valence-corrected chi connectivity index (χ0v) is 16.2. The summed E-state index contributed by atoms with van der Waals surface area (Å²) in [5.74, 6) is -0.671. The van der Waals surface area contributed by atoms with Crippen LogP contribution in [0.2, 0.25) is 0 Å². The molecule has 0 aromatic carbocycles. The summed E-state index contributed by atoms with van der Waals surface area (Å²) in [6.07, 6.45) is 22.3. The highest BCUT2D eigenvalue weighted by Crippen LogP contribution is 2.25. The van der Waals surface area contributed by atoms with Gasteiger partial charge in [-0.3, -0.25) is 4.79 Å². The van der Waals surface area contributed by atoms with Crippen molar-refractivity contribution in [1.29, 1.82) is 0 Å². The molecule has 0 spiro atoms. The lowest BCUT2D eigenvalue weighted by Crippen LogP contribution is -1.93. The molecule has 6 nitrogen and oxygen atoms in total. The minimum Gasteiger partial charge on any atom is -0.481 e. The Labute approximate surface area is 151 Å². The van der Waals surface area contributed by atoms with Crippen LogP contribution in [0.15, 0.2) is 24.3 Å². The van der Waals surface area contributed by atoms with Gasteiger partial charge in [-0.1, -0.05) is 63.3 Å². The fourth-order valence-electron chi connectivity index (χ4n) is 2.09. The molecule has 148 valence electrons. The van der Waals surface area contributed by atoms with Gasteiger partial charge in [-0.05, 0) is 38.5 Å². The third kappa shape index (κ3) is 39.7. The van der Waals surface area contributed by atoms with Crippen LogP contribution < -0.4 is 0 Å². The van der Waals surface area contributed by atoms with Crippen LogP contribution in [0.5, 0.6) is 0 Å². The summed E-state index contributed by atoms with van der Waals surface area (Å²) in [6, 6.07) is 0. The first-order valence-corrected chi connectivity index (χ1v) is 10.6. The maximum Gasteiger partial charge on any atom is 0.466 e. The van der Waals surface area contributed by atoms with Gasteiger partial charge in [-0.15, -0.1) is 0 Å². The largest absolute Gasteiger partial charge is 0.481 e. The van der Waals surface area contributed by atoms with Crippen LogP contribution in [0.1, 0.15) is 84.0 Å². The molecule has 4 N–H and O–H groups in total. The second-order valence-electron chi connectivity index (χ2n) is 5.89. The number of rotatable bonds is 14. The summed E-state index contributed by atoms with van der Waals surface area (Å²) in [4.78, 5) is 31.9. The highest BCUT2D eigenvalue weighted by atomic mass is 31.2. The minimum atomic E-state index is -4.64. The number of hydrogen-bond donors (Lipinski definition) is 4. The summed E-state index contributed by atoms with van der Waals surface area (Å²) in [6.45, 7) is 2.23. The van der Waals surface area contributed by atoms with Gasteiger partial charge in [0, 0.05) is 6.42 Å². The normalized spacial score (nSPS) is 11.7. The van der Waals surface area contributed by atoms with Gasteiger partial charge < -0.3 is 19.8 Å². The van der Waals surface area contributed by atoms with E-state index in [0.717, 1.165) is 25.7 Å². The average Bonchev–Trinajstić information content (AvgIpc) is 2.49. The first-order valence-electron chi connectivity index (χ1n) is 9.07. The summed E-state index contributed by atoms with van der Waals surface area (Å²) in [7, 11) is -4.64. The zero-order valence-electron chi connectivity index (χ0n) is 15.3. The van der Waals surface area contributed by atoms with Crippen molar-refractivity contribution in [2.24, 2.45) is 0 Å². The maximum atomic E-state index is 10.3. The van der Waals surface area contributed by atoms with Crippen LogP contribution in [0, 0.1) is 0 Å². The predicted octanol–water partition coefficient (Wildman–Crippen LogP) is 4.96. The first-order chi connectivity index (χ1) is 11.8. The topological polar surface area (TPSA) is 115 Å². The molecule has 7 heteroatoms. The molecule has 0 aliphatic rings. The van der Waals surface area contributed by atoms with E-state index in [0.29, 0.717) is 6.42 Å². The number of aliphatic carboxylic acids is 1. The van der Waals surface area contributed by atoms with E-state index >= 15 is 0 Å². The van der Waals surface area contributed by atoms with Gasteiger partial charge in [0.05, 0.1) is 0 Å². The van der Waals surface area contributed by atoms with Crippen molar-refractivity contribution in [1.82, 2.24) is 0 Å². The van der Waals surface area contributed by atoms with Gasteiger partial charge in [0.15, 0.2) is 0 Å². The van der Waals surface area contributed by atoms with E-state index in [2.05, 4.69) is 31.2 Å². The van der Waals surface area contributed by atoms with Crippen molar-refractivity contribution in [2.75, 3.05) is 0 Å². The Kier molecular flexibility index (Phi) is 20.4. The van der Waals surface area contributed by atoms with Gasteiger partial charge in [-0.2, -0.15) is 0 Å². The van der Waals surface area contributed by atoms with Crippen molar-refractivity contribution >= 4 is 13.8 Å². The van der Waals surface area contributed by atoms with Crippen LogP contribution in [0.3, 0.4) is 0 Å². The Bertz CT molecular complexity index is 392. The monoisotopic (exact) mass is 378 g/mol. The van der Waals surface area contributed by atoms with Crippen molar-refractivity contribution in [3.8, 4) is 0 Å². The molecule has 0 atom stereocenters. The summed E-state index contributed by atoms with van der Waals surface area (Å²) in [5, 5.41) is 8.50. The van der Waals surface area contributed by atoms with E-state index in [-0.39, 0.29) is 0 Å². The average molecular weight is 378 g/mol. The Morgan fingerprint density at radius 1 is 0.800 bits per heavy atom. The number of carbonyl (C=O) groups is 1. The quantitative estimate of drug-likeness (QED) is 0.193. The minimum absolute atomic E-state index is 0.324. The number of carboxylic acids is 1. The molecule has 0 rings (SSSR count). The molecule has 0 saturated heterocycles. The molecule has 0 unspecified atom stereocenters. The van der Waals surface area contributed by atoms with Gasteiger partial charge in [0.25, 0.3) is 0 Å². The van der Waals surface area contributed by atoms with Crippen molar-refractivity contribution in [3.63, 3.8) is 0 Å². The lowest BCUT2D eigenvalue weighted by Gasteiger charge is -1.98. The first kappa shape index (κ1) is 26.3. The van der Waals surface area contributed by atoms with E-state index < -0.39 is 13.8 Å². The molecule has 0 fully saturated rings. The molecule has 0 aliphatic heterocycles. The number of hydrogen-bond acceptors (Lipinski definition) is 2. The van der Waals surface area contributed by atoms with Crippen LogP contribution >= 0.6 is 7.82 Å². The molecule has 0 bridgehead atoms. The standard InChI is InChI=1S/C18H32O2.H3O4P/c1-2-3-4-5-6-7-8-9-10-11-12-13-14-15-16-17-18(19)20;1-5(2,3)4/h6-7,9-10H,2-5,8,11-17H2,1H3,(H,19,20);(H3,1,2,3,4)/b7-6-,10-9-;. The van der Waals surface area contributed by atoms with Crippen LogP contribution in [-0.2, 0) is 9.36 Å². The lowest BCUT2D eigenvalue weighted by atomic mass is 10.1. The highest BCUT2D eigenvalue weighted by Gasteiger charge is 2.00. The van der Waals surface area contributed by atoms with E-state index in [1.807, 2.05) is 0 Å². The number of phosphoric acid groups is 1. The molecule has 0 aromatic heterocycles. The number of unbranched alkanes of at least 4 members (excludes halogenated alkanes) is 8. The van der Waals surface area contributed by atoms with Crippen molar-refractivity contribution in [3.05, 3.63) is 24.3 Å². The summed E-state index contributed by atoms with van der Waals surface area (Å²) >= 11 is 0. The van der Waals surface area contributed by atoms with Gasteiger partial charge in [0.2, 0.25) is 0 Å². The summed E-state index contributed by atoms with van der Waals surface area (Å²) < 4.78 is 8.88. The Morgan fingerprint density at radius 3 is 1.72 bits per heavy atom. The fourth-order valence-corrected chi connectivity index (χ4v) is 2.09. The Hall–Kier alpha value is -0.940. The van der Waals surface area contributed by atoms with Gasteiger partial charge >= 0.3 is 13.8 Å². The fraction of sp³-hybridized carbons (Fsp3) is 0.722. The van der Waals surface area contributed by atoms with E-state index in [1.165, 1.54) is 44.9 Å². The molecular weight excluding hydrogens is 343 g/mol. The smallest absolute Gasteiger partial charge is 0.466 e. The van der Waals surface area contributed by atoms with E-state index in [9.17, 15) is 4.79 Å². The molecule has 0 amide bonds. The van der Waals surface area contributed by atoms with Gasteiger partial charge in [0.1, 0.15) is 0 Å². The second-order valence-corrected chi connectivity index (χ2v) is 6.91. The van der Waals surface area contributed by atoms with Crippen molar-refractivity contribution < 1.29 is 29.1 Å². The van der Waals surface area contributed by atoms with Crippen LogP contribution in [-0.4, -0.2) is 25.8 Å². The van der Waals surface area contributed by atoms with Crippen LogP contribution in [0.25, 0.3) is 0 Å².